The number of likely N-dealkylation sites (tertiary alicyclic amines) is 1. The van der Waals surface area contributed by atoms with Crippen LogP contribution in [0.3, 0.4) is 0 Å². The molecule has 0 aliphatic carbocycles. The highest BCUT2D eigenvalue weighted by Gasteiger charge is 2.15. The number of aliphatic hydroxyl groups is 1. The van der Waals surface area contributed by atoms with Crippen LogP contribution in [0.25, 0.3) is 0 Å². The van der Waals surface area contributed by atoms with Gasteiger partial charge in [0.1, 0.15) is 0 Å². The van der Waals surface area contributed by atoms with Crippen LogP contribution in [-0.4, -0.2) is 29.2 Å². The van der Waals surface area contributed by atoms with Crippen LogP contribution >= 0.6 is 0 Å². The fourth-order valence-electron chi connectivity index (χ4n) is 0.812. The molecule has 7 heavy (non-hydrogen) atoms. The zero-order chi connectivity index (χ0) is 5.28. The van der Waals surface area contributed by atoms with E-state index in [4.69, 9.17) is 5.11 Å². The van der Waals surface area contributed by atoms with Crippen molar-refractivity contribution < 1.29 is 5.11 Å². The second kappa shape index (κ2) is 1.80. The lowest BCUT2D eigenvalue weighted by molar-refractivity contribution is 0.185. The Hall–Kier alpha value is -0.0800. The fraction of sp³-hybridized carbons (Fsp3) is 0.800. The van der Waals surface area contributed by atoms with Gasteiger partial charge in [-0.2, -0.15) is 0 Å². The summed E-state index contributed by atoms with van der Waals surface area (Å²) in [7, 11) is 3.66. The third-order valence-corrected chi connectivity index (χ3v) is 1.25. The van der Waals surface area contributed by atoms with Gasteiger partial charge in [-0.1, -0.05) is 0 Å². The third-order valence-electron chi connectivity index (χ3n) is 1.25. The maximum atomic E-state index is 8.82. The first-order chi connectivity index (χ1) is 3.29. The van der Waals surface area contributed by atoms with Gasteiger partial charge in [0, 0.05) is 20.1 Å². The van der Waals surface area contributed by atoms with Crippen molar-refractivity contribution in [3.63, 3.8) is 0 Å². The molecule has 2 nitrogen and oxygen atoms in total. The van der Waals surface area contributed by atoms with Gasteiger partial charge in [-0.15, -0.1) is 0 Å². The van der Waals surface area contributed by atoms with Crippen LogP contribution in [0.1, 0.15) is 6.42 Å². The average Bonchev–Trinajstić information content (AvgIpc) is 1.87. The summed E-state index contributed by atoms with van der Waals surface area (Å²) in [6, 6.07) is 0. The molecule has 1 N–H and O–H groups in total. The fourth-order valence-corrected chi connectivity index (χ4v) is 0.812. The number of hydrogen-bond donors (Lipinski definition) is 1. The van der Waals surface area contributed by atoms with Gasteiger partial charge in [-0.25, -0.2) is 0 Å². The monoisotopic (exact) mass is 100 g/mol. The summed E-state index contributed by atoms with van der Waals surface area (Å²) < 4.78 is 0. The molecular formula is C5H10NO. The molecule has 0 unspecified atom stereocenters. The number of hydrogen-bond acceptors (Lipinski definition) is 2. The highest BCUT2D eigenvalue weighted by molar-refractivity contribution is 4.72. The van der Waals surface area contributed by atoms with Crippen molar-refractivity contribution in [3.05, 3.63) is 7.05 Å². The zero-order valence-corrected chi connectivity index (χ0v) is 4.30. The van der Waals surface area contributed by atoms with E-state index < -0.39 is 0 Å². The van der Waals surface area contributed by atoms with E-state index in [1.807, 2.05) is 4.90 Å². The summed E-state index contributed by atoms with van der Waals surface area (Å²) in [5.41, 5.74) is 0. The minimum atomic E-state index is -0.113. The number of β-amino-alcohol motifs (C(OH)–C–C–N with tert-alkyl or cyclic N) is 1. The lowest BCUT2D eigenvalue weighted by Crippen LogP contribution is -2.13. The topological polar surface area (TPSA) is 23.5 Å². The van der Waals surface area contributed by atoms with E-state index >= 15 is 0 Å². The lowest BCUT2D eigenvalue weighted by atomic mass is 10.3. The molecule has 0 amide bonds. The van der Waals surface area contributed by atoms with Crippen LogP contribution in [0.15, 0.2) is 0 Å². The molecule has 1 heterocycles. The van der Waals surface area contributed by atoms with Gasteiger partial charge in [0.05, 0.1) is 6.10 Å². The van der Waals surface area contributed by atoms with Gasteiger partial charge in [0.15, 0.2) is 0 Å². The first-order valence-corrected chi connectivity index (χ1v) is 2.52. The van der Waals surface area contributed by atoms with Gasteiger partial charge < -0.3 is 5.11 Å². The van der Waals surface area contributed by atoms with Crippen molar-refractivity contribution in [1.82, 2.24) is 4.90 Å². The van der Waals surface area contributed by atoms with Crippen molar-refractivity contribution in [2.75, 3.05) is 13.1 Å². The molecular weight excluding hydrogens is 90.1 g/mol. The quantitative estimate of drug-likeness (QED) is 0.457. The average molecular weight is 100 g/mol. The Morgan fingerprint density at radius 2 is 2.43 bits per heavy atom. The molecule has 1 atom stereocenters. The first-order valence-electron chi connectivity index (χ1n) is 2.52. The van der Waals surface area contributed by atoms with E-state index in [1.54, 1.807) is 0 Å². The van der Waals surface area contributed by atoms with Crippen LogP contribution in [0.2, 0.25) is 0 Å². The summed E-state index contributed by atoms with van der Waals surface area (Å²) in [5, 5.41) is 8.82. The molecule has 0 aromatic heterocycles. The third kappa shape index (κ3) is 1.14. The molecule has 0 spiro atoms. The molecule has 1 fully saturated rings. The van der Waals surface area contributed by atoms with Crippen molar-refractivity contribution >= 4 is 0 Å². The Balaban J connectivity index is 2.26. The SMILES string of the molecule is [CH2]N1CC[C@H](O)C1. The van der Waals surface area contributed by atoms with Crippen molar-refractivity contribution in [1.29, 1.82) is 0 Å². The van der Waals surface area contributed by atoms with E-state index in [0.29, 0.717) is 0 Å². The minimum Gasteiger partial charge on any atom is -0.392 e. The van der Waals surface area contributed by atoms with Crippen LogP contribution in [0, 0.1) is 7.05 Å². The molecule has 0 aromatic carbocycles. The molecule has 1 aliphatic heterocycles. The second-order valence-corrected chi connectivity index (χ2v) is 2.02. The maximum absolute atomic E-state index is 8.82. The van der Waals surface area contributed by atoms with Crippen molar-refractivity contribution in [3.8, 4) is 0 Å². The van der Waals surface area contributed by atoms with Gasteiger partial charge >= 0.3 is 0 Å². The predicted molar refractivity (Wildman–Crippen MR) is 27.6 cm³/mol. The molecule has 1 saturated heterocycles. The van der Waals surface area contributed by atoms with Crippen molar-refractivity contribution in [2.24, 2.45) is 0 Å². The van der Waals surface area contributed by atoms with Gasteiger partial charge in [0.25, 0.3) is 0 Å². The van der Waals surface area contributed by atoms with Crippen LogP contribution in [0.5, 0.6) is 0 Å². The van der Waals surface area contributed by atoms with E-state index in [2.05, 4.69) is 7.05 Å². The van der Waals surface area contributed by atoms with Crippen LogP contribution < -0.4 is 0 Å². The Morgan fingerprint density at radius 3 is 2.57 bits per heavy atom. The predicted octanol–water partition coefficient (Wildman–Crippen LogP) is -0.155. The molecule has 0 saturated carbocycles. The zero-order valence-electron chi connectivity index (χ0n) is 4.30. The van der Waals surface area contributed by atoms with Crippen LogP contribution in [0.4, 0.5) is 0 Å². The Labute approximate surface area is 43.7 Å². The van der Waals surface area contributed by atoms with E-state index in [9.17, 15) is 0 Å². The maximum Gasteiger partial charge on any atom is 0.0679 e. The van der Waals surface area contributed by atoms with Gasteiger partial charge in [-0.05, 0) is 6.42 Å². The number of rotatable bonds is 0. The first kappa shape index (κ1) is 5.06. The summed E-state index contributed by atoms with van der Waals surface area (Å²) in [6.45, 7) is 1.70. The lowest BCUT2D eigenvalue weighted by Gasteiger charge is -2.02. The highest BCUT2D eigenvalue weighted by atomic mass is 16.3. The molecule has 41 valence electrons. The molecule has 1 radical (unpaired) electrons. The van der Waals surface area contributed by atoms with Gasteiger partial charge in [0.2, 0.25) is 0 Å². The Kier molecular flexibility index (Phi) is 1.30. The van der Waals surface area contributed by atoms with E-state index in [0.717, 1.165) is 19.5 Å². The Morgan fingerprint density at radius 1 is 1.71 bits per heavy atom. The molecule has 1 aliphatic rings. The summed E-state index contributed by atoms with van der Waals surface area (Å²) in [4.78, 5) is 1.88. The second-order valence-electron chi connectivity index (χ2n) is 2.02. The van der Waals surface area contributed by atoms with Crippen LogP contribution in [-0.2, 0) is 0 Å². The molecule has 2 heteroatoms. The number of aliphatic hydroxyl groups excluding tert-OH is 1. The van der Waals surface area contributed by atoms with E-state index in [1.165, 1.54) is 0 Å². The summed E-state index contributed by atoms with van der Waals surface area (Å²) in [5.74, 6) is 0. The molecule has 1 rings (SSSR count). The highest BCUT2D eigenvalue weighted by Crippen LogP contribution is 2.05. The standard InChI is InChI=1S/C5H10NO/c1-6-3-2-5(7)4-6/h5,7H,1-4H2/t5-/m0/s1. The molecule has 0 aromatic rings. The number of nitrogens with zero attached hydrogens (tertiary/aromatic N) is 1. The summed E-state index contributed by atoms with van der Waals surface area (Å²) in [6.07, 6.45) is 0.779. The summed E-state index contributed by atoms with van der Waals surface area (Å²) >= 11 is 0. The van der Waals surface area contributed by atoms with Gasteiger partial charge in [-0.3, -0.25) is 4.90 Å². The largest absolute Gasteiger partial charge is 0.392 e. The van der Waals surface area contributed by atoms with Crippen molar-refractivity contribution in [2.45, 2.75) is 12.5 Å². The smallest absolute Gasteiger partial charge is 0.0679 e. The Bertz CT molecular complexity index is 57.1. The molecule has 0 bridgehead atoms. The minimum absolute atomic E-state index is 0.113. The van der Waals surface area contributed by atoms with E-state index in [-0.39, 0.29) is 6.10 Å². The normalized spacial score (nSPS) is 34.3.